The lowest BCUT2D eigenvalue weighted by Gasteiger charge is -2.42. The molecule has 1 saturated carbocycles. The van der Waals surface area contributed by atoms with Crippen molar-refractivity contribution in [2.24, 2.45) is 5.92 Å². The van der Waals surface area contributed by atoms with E-state index in [1.807, 2.05) is 0 Å². The number of ether oxygens (including phenoxy) is 1. The molecule has 1 aliphatic carbocycles. The summed E-state index contributed by atoms with van der Waals surface area (Å²) < 4.78 is 6.03. The van der Waals surface area contributed by atoms with E-state index in [9.17, 15) is 0 Å². The van der Waals surface area contributed by atoms with E-state index in [0.717, 1.165) is 18.9 Å². The standard InChI is InChI=1S/C12H20O/c1-10-4-3-6-12(8-10)7-5-11(2)9-13-12/h11H,1,3-9H2,2H3/t11-,12+/m0/s1. The summed E-state index contributed by atoms with van der Waals surface area (Å²) in [7, 11) is 0. The average molecular weight is 180 g/mol. The molecule has 1 aliphatic heterocycles. The number of rotatable bonds is 0. The van der Waals surface area contributed by atoms with E-state index in [1.54, 1.807) is 0 Å². The quantitative estimate of drug-likeness (QED) is 0.520. The third-order valence-electron chi connectivity index (χ3n) is 3.50. The van der Waals surface area contributed by atoms with Crippen molar-refractivity contribution in [3.63, 3.8) is 0 Å². The Morgan fingerprint density at radius 2 is 2.31 bits per heavy atom. The van der Waals surface area contributed by atoms with Crippen molar-refractivity contribution in [2.75, 3.05) is 6.61 Å². The van der Waals surface area contributed by atoms with E-state index in [2.05, 4.69) is 13.5 Å². The van der Waals surface area contributed by atoms with Gasteiger partial charge in [0.2, 0.25) is 0 Å². The Hall–Kier alpha value is -0.300. The van der Waals surface area contributed by atoms with Crippen LogP contribution >= 0.6 is 0 Å². The van der Waals surface area contributed by atoms with Crippen molar-refractivity contribution in [2.45, 2.75) is 51.0 Å². The maximum absolute atomic E-state index is 6.03. The minimum absolute atomic E-state index is 0.210. The number of hydrogen-bond acceptors (Lipinski definition) is 1. The fourth-order valence-electron chi connectivity index (χ4n) is 2.61. The topological polar surface area (TPSA) is 9.23 Å². The van der Waals surface area contributed by atoms with Gasteiger partial charge in [-0.25, -0.2) is 0 Å². The van der Waals surface area contributed by atoms with Gasteiger partial charge in [0.05, 0.1) is 5.60 Å². The van der Waals surface area contributed by atoms with Crippen molar-refractivity contribution in [3.05, 3.63) is 12.2 Å². The van der Waals surface area contributed by atoms with Crippen LogP contribution in [0.5, 0.6) is 0 Å². The van der Waals surface area contributed by atoms with Crippen LogP contribution in [0.3, 0.4) is 0 Å². The van der Waals surface area contributed by atoms with Crippen LogP contribution in [0.2, 0.25) is 0 Å². The predicted octanol–water partition coefficient (Wildman–Crippen LogP) is 3.30. The van der Waals surface area contributed by atoms with Crippen molar-refractivity contribution >= 4 is 0 Å². The van der Waals surface area contributed by atoms with Gasteiger partial charge in [-0.1, -0.05) is 19.1 Å². The van der Waals surface area contributed by atoms with Gasteiger partial charge < -0.3 is 4.74 Å². The zero-order chi connectivity index (χ0) is 9.31. The smallest absolute Gasteiger partial charge is 0.0719 e. The first-order valence-corrected chi connectivity index (χ1v) is 5.51. The molecular formula is C12H20O. The van der Waals surface area contributed by atoms with Crippen LogP contribution in [0.25, 0.3) is 0 Å². The summed E-state index contributed by atoms with van der Waals surface area (Å²) in [5, 5.41) is 0. The van der Waals surface area contributed by atoms with Crippen LogP contribution in [0.1, 0.15) is 45.4 Å². The summed E-state index contributed by atoms with van der Waals surface area (Å²) in [6.45, 7) is 7.35. The first kappa shape index (κ1) is 9.26. The van der Waals surface area contributed by atoms with Crippen molar-refractivity contribution < 1.29 is 4.74 Å². The SMILES string of the molecule is C=C1CCC[C@@]2(CC[C@H](C)CO2)C1. The molecule has 13 heavy (non-hydrogen) atoms. The molecule has 74 valence electrons. The maximum atomic E-state index is 6.03. The van der Waals surface area contributed by atoms with Crippen molar-refractivity contribution in [1.29, 1.82) is 0 Å². The molecule has 0 radical (unpaired) electrons. The average Bonchev–Trinajstić information content (AvgIpc) is 2.11. The van der Waals surface area contributed by atoms with E-state index in [1.165, 1.54) is 37.7 Å². The van der Waals surface area contributed by atoms with Crippen LogP contribution in [-0.2, 0) is 4.74 Å². The van der Waals surface area contributed by atoms with Gasteiger partial charge in [0, 0.05) is 6.61 Å². The second-order valence-electron chi connectivity index (χ2n) is 4.92. The molecule has 1 heteroatoms. The molecule has 0 amide bonds. The van der Waals surface area contributed by atoms with Gasteiger partial charge in [0.25, 0.3) is 0 Å². The molecule has 0 N–H and O–H groups in total. The summed E-state index contributed by atoms with van der Waals surface area (Å²) in [4.78, 5) is 0. The van der Waals surface area contributed by atoms with E-state index in [4.69, 9.17) is 4.74 Å². The zero-order valence-corrected chi connectivity index (χ0v) is 8.64. The molecular weight excluding hydrogens is 160 g/mol. The molecule has 2 atom stereocenters. The molecule has 1 spiro atoms. The molecule has 0 aromatic rings. The highest BCUT2D eigenvalue weighted by molar-refractivity contribution is 5.07. The van der Waals surface area contributed by atoms with E-state index in [0.29, 0.717) is 0 Å². The molecule has 1 nitrogen and oxygen atoms in total. The summed E-state index contributed by atoms with van der Waals surface area (Å²) in [6, 6.07) is 0. The lowest BCUT2D eigenvalue weighted by Crippen LogP contribution is -2.40. The Balaban J connectivity index is 1.99. The zero-order valence-electron chi connectivity index (χ0n) is 8.64. The highest BCUT2D eigenvalue weighted by Gasteiger charge is 2.37. The number of hydrogen-bond donors (Lipinski definition) is 0. The second-order valence-corrected chi connectivity index (χ2v) is 4.92. The van der Waals surface area contributed by atoms with Crippen LogP contribution in [-0.4, -0.2) is 12.2 Å². The van der Waals surface area contributed by atoms with Gasteiger partial charge in [0.1, 0.15) is 0 Å². The van der Waals surface area contributed by atoms with Gasteiger partial charge in [-0.05, 0) is 44.4 Å². The Morgan fingerprint density at radius 3 is 2.92 bits per heavy atom. The Labute approximate surface area is 81.2 Å². The lowest BCUT2D eigenvalue weighted by molar-refractivity contribution is -0.108. The van der Waals surface area contributed by atoms with E-state index >= 15 is 0 Å². The minimum atomic E-state index is 0.210. The molecule has 1 saturated heterocycles. The molecule has 2 aliphatic rings. The predicted molar refractivity (Wildman–Crippen MR) is 54.7 cm³/mol. The third-order valence-corrected chi connectivity index (χ3v) is 3.50. The van der Waals surface area contributed by atoms with Gasteiger partial charge in [-0.15, -0.1) is 0 Å². The molecule has 0 aromatic carbocycles. The Bertz CT molecular complexity index is 199. The summed E-state index contributed by atoms with van der Waals surface area (Å²) >= 11 is 0. The highest BCUT2D eigenvalue weighted by Crippen LogP contribution is 2.41. The maximum Gasteiger partial charge on any atom is 0.0719 e. The van der Waals surface area contributed by atoms with Crippen LogP contribution in [0.15, 0.2) is 12.2 Å². The first-order chi connectivity index (χ1) is 6.20. The largest absolute Gasteiger partial charge is 0.374 e. The molecule has 0 aromatic heterocycles. The normalized spacial score (nSPS) is 41.0. The fourth-order valence-corrected chi connectivity index (χ4v) is 2.61. The molecule has 0 bridgehead atoms. The van der Waals surface area contributed by atoms with E-state index in [-0.39, 0.29) is 5.60 Å². The van der Waals surface area contributed by atoms with Crippen molar-refractivity contribution in [3.8, 4) is 0 Å². The van der Waals surface area contributed by atoms with Gasteiger partial charge in [-0.3, -0.25) is 0 Å². The monoisotopic (exact) mass is 180 g/mol. The fraction of sp³-hybridized carbons (Fsp3) is 0.833. The lowest BCUT2D eigenvalue weighted by atomic mass is 9.76. The second kappa shape index (κ2) is 3.45. The summed E-state index contributed by atoms with van der Waals surface area (Å²) in [5.74, 6) is 0.765. The molecule has 2 fully saturated rings. The molecule has 2 rings (SSSR count). The highest BCUT2D eigenvalue weighted by atomic mass is 16.5. The van der Waals surface area contributed by atoms with Crippen LogP contribution in [0, 0.1) is 5.92 Å². The van der Waals surface area contributed by atoms with Gasteiger partial charge >= 0.3 is 0 Å². The minimum Gasteiger partial charge on any atom is -0.374 e. The van der Waals surface area contributed by atoms with Gasteiger partial charge in [0.15, 0.2) is 0 Å². The summed E-state index contributed by atoms with van der Waals surface area (Å²) in [5.41, 5.74) is 1.61. The Morgan fingerprint density at radius 1 is 1.46 bits per heavy atom. The van der Waals surface area contributed by atoms with Crippen LogP contribution in [0.4, 0.5) is 0 Å². The van der Waals surface area contributed by atoms with Gasteiger partial charge in [-0.2, -0.15) is 0 Å². The first-order valence-electron chi connectivity index (χ1n) is 5.51. The van der Waals surface area contributed by atoms with Crippen molar-refractivity contribution in [1.82, 2.24) is 0 Å². The molecule has 1 heterocycles. The Kier molecular flexibility index (Phi) is 2.46. The summed E-state index contributed by atoms with van der Waals surface area (Å²) in [6.07, 6.45) is 7.49. The third kappa shape index (κ3) is 1.96. The van der Waals surface area contributed by atoms with E-state index < -0.39 is 0 Å². The molecule has 0 unspecified atom stereocenters. The van der Waals surface area contributed by atoms with Crippen LogP contribution < -0.4 is 0 Å².